The summed E-state index contributed by atoms with van der Waals surface area (Å²) in [6, 6.07) is 14.4. The predicted octanol–water partition coefficient (Wildman–Crippen LogP) is 3.66. The van der Waals surface area contributed by atoms with E-state index in [0.717, 1.165) is 0 Å². The Bertz CT molecular complexity index is 578. The maximum Gasteiger partial charge on any atom is 0.342 e. The van der Waals surface area contributed by atoms with Gasteiger partial charge in [0.25, 0.3) is 0 Å². The van der Waals surface area contributed by atoms with Gasteiger partial charge in [-0.1, -0.05) is 18.2 Å². The third kappa shape index (κ3) is 3.29. The van der Waals surface area contributed by atoms with Crippen LogP contribution in [-0.2, 0) is 4.74 Å². The molecule has 0 aliphatic rings. The van der Waals surface area contributed by atoms with Gasteiger partial charge in [-0.2, -0.15) is 0 Å². The molecule has 0 saturated carbocycles. The van der Waals surface area contributed by atoms with E-state index >= 15 is 0 Å². The van der Waals surface area contributed by atoms with Gasteiger partial charge in [0.15, 0.2) is 0 Å². The Morgan fingerprint density at radius 1 is 1.05 bits per heavy atom. The summed E-state index contributed by atoms with van der Waals surface area (Å²) in [7, 11) is 1.51. The van der Waals surface area contributed by atoms with Crippen molar-refractivity contribution in [3.63, 3.8) is 0 Å². The molecule has 0 spiro atoms. The summed E-state index contributed by atoms with van der Waals surface area (Å²) in [5, 5.41) is 0. The number of carbonyl (C=O) groups excluding carboxylic acids is 1. The van der Waals surface area contributed by atoms with Crippen LogP contribution in [0.1, 0.15) is 17.3 Å². The van der Waals surface area contributed by atoms with Crippen LogP contribution >= 0.6 is 0 Å². The molecule has 2 aromatic carbocycles. The maximum atomic E-state index is 11.9. The number of hydrogen-bond donors (Lipinski definition) is 0. The molecule has 4 heteroatoms. The molecule has 2 aromatic rings. The first-order valence-electron chi connectivity index (χ1n) is 6.32. The second-order valence-electron chi connectivity index (χ2n) is 4.00. The fourth-order valence-electron chi connectivity index (χ4n) is 1.74. The Morgan fingerprint density at radius 3 is 2.45 bits per heavy atom. The van der Waals surface area contributed by atoms with E-state index in [1.165, 1.54) is 7.11 Å². The summed E-state index contributed by atoms with van der Waals surface area (Å²) >= 11 is 0. The largest absolute Gasteiger partial charge is 0.496 e. The average molecular weight is 272 g/mol. The van der Waals surface area contributed by atoms with Crippen molar-refractivity contribution in [2.45, 2.75) is 6.92 Å². The van der Waals surface area contributed by atoms with Crippen LogP contribution in [0.5, 0.6) is 17.2 Å². The number of esters is 1. The standard InChI is InChI=1S/C16H16O4/c1-3-19-16(17)14-11-13(9-10-15(14)18-2)20-12-7-5-4-6-8-12/h4-11H,3H2,1-2H3. The second kappa shape index (κ2) is 6.61. The highest BCUT2D eigenvalue weighted by Crippen LogP contribution is 2.28. The minimum absolute atomic E-state index is 0.311. The Kier molecular flexibility index (Phi) is 4.60. The molecule has 4 nitrogen and oxygen atoms in total. The van der Waals surface area contributed by atoms with Crippen molar-refractivity contribution in [3.8, 4) is 17.2 Å². The molecule has 0 amide bonds. The van der Waals surface area contributed by atoms with Gasteiger partial charge in [0, 0.05) is 0 Å². The monoisotopic (exact) mass is 272 g/mol. The highest BCUT2D eigenvalue weighted by molar-refractivity contribution is 5.93. The van der Waals surface area contributed by atoms with Crippen molar-refractivity contribution >= 4 is 5.97 Å². The number of benzene rings is 2. The molecule has 0 N–H and O–H groups in total. The first-order valence-corrected chi connectivity index (χ1v) is 6.32. The van der Waals surface area contributed by atoms with E-state index in [0.29, 0.717) is 29.4 Å². The molecular weight excluding hydrogens is 256 g/mol. The number of ether oxygens (including phenoxy) is 3. The first kappa shape index (κ1) is 13.9. The zero-order valence-electron chi connectivity index (χ0n) is 11.5. The van der Waals surface area contributed by atoms with E-state index in [4.69, 9.17) is 14.2 Å². The van der Waals surface area contributed by atoms with E-state index in [1.54, 1.807) is 25.1 Å². The van der Waals surface area contributed by atoms with Crippen LogP contribution in [0.15, 0.2) is 48.5 Å². The van der Waals surface area contributed by atoms with Crippen molar-refractivity contribution in [1.29, 1.82) is 0 Å². The summed E-state index contributed by atoms with van der Waals surface area (Å²) in [5.41, 5.74) is 0.350. The van der Waals surface area contributed by atoms with Crippen LogP contribution in [-0.4, -0.2) is 19.7 Å². The zero-order valence-corrected chi connectivity index (χ0v) is 11.5. The molecule has 0 saturated heterocycles. The molecule has 0 heterocycles. The van der Waals surface area contributed by atoms with Crippen molar-refractivity contribution < 1.29 is 19.0 Å². The molecule has 0 fully saturated rings. The quantitative estimate of drug-likeness (QED) is 0.779. The Balaban J connectivity index is 2.27. The topological polar surface area (TPSA) is 44.8 Å². The lowest BCUT2D eigenvalue weighted by molar-refractivity contribution is 0.0522. The van der Waals surface area contributed by atoms with Gasteiger partial charge in [0.05, 0.1) is 13.7 Å². The van der Waals surface area contributed by atoms with E-state index in [-0.39, 0.29) is 0 Å². The van der Waals surface area contributed by atoms with Gasteiger partial charge in [0.2, 0.25) is 0 Å². The molecule has 0 aliphatic heterocycles. The Hall–Kier alpha value is -2.49. The van der Waals surface area contributed by atoms with E-state index < -0.39 is 5.97 Å². The summed E-state index contributed by atoms with van der Waals surface area (Å²) in [5.74, 6) is 1.29. The molecule has 20 heavy (non-hydrogen) atoms. The summed E-state index contributed by atoms with van der Waals surface area (Å²) < 4.78 is 15.8. The lowest BCUT2D eigenvalue weighted by atomic mass is 10.2. The fourth-order valence-corrected chi connectivity index (χ4v) is 1.74. The Labute approximate surface area is 117 Å². The molecule has 104 valence electrons. The van der Waals surface area contributed by atoms with Crippen molar-refractivity contribution in [3.05, 3.63) is 54.1 Å². The highest BCUT2D eigenvalue weighted by atomic mass is 16.5. The summed E-state index contributed by atoms with van der Waals surface area (Å²) in [6.07, 6.45) is 0. The SMILES string of the molecule is CCOC(=O)c1cc(Oc2ccccc2)ccc1OC. The minimum Gasteiger partial charge on any atom is -0.496 e. The van der Waals surface area contributed by atoms with Gasteiger partial charge in [-0.25, -0.2) is 4.79 Å². The molecule has 0 atom stereocenters. The van der Waals surface area contributed by atoms with Gasteiger partial charge in [0.1, 0.15) is 22.8 Å². The smallest absolute Gasteiger partial charge is 0.342 e. The van der Waals surface area contributed by atoms with Crippen LogP contribution in [0.2, 0.25) is 0 Å². The third-order valence-electron chi connectivity index (χ3n) is 2.65. The fraction of sp³-hybridized carbons (Fsp3) is 0.188. The average Bonchev–Trinajstić information content (AvgIpc) is 2.48. The van der Waals surface area contributed by atoms with Crippen LogP contribution in [0.4, 0.5) is 0 Å². The number of hydrogen-bond acceptors (Lipinski definition) is 4. The van der Waals surface area contributed by atoms with Crippen LogP contribution in [0.3, 0.4) is 0 Å². The molecule has 0 aliphatic carbocycles. The molecule has 2 rings (SSSR count). The molecule has 0 unspecified atom stereocenters. The van der Waals surface area contributed by atoms with E-state index in [1.807, 2.05) is 30.3 Å². The van der Waals surface area contributed by atoms with Crippen molar-refractivity contribution in [2.75, 3.05) is 13.7 Å². The number of carbonyl (C=O) groups is 1. The van der Waals surface area contributed by atoms with Gasteiger partial charge < -0.3 is 14.2 Å². The van der Waals surface area contributed by atoms with Gasteiger partial charge in [-0.05, 0) is 37.3 Å². The summed E-state index contributed by atoms with van der Waals surface area (Å²) in [4.78, 5) is 11.9. The molecule has 0 radical (unpaired) electrons. The lowest BCUT2D eigenvalue weighted by Gasteiger charge is -2.11. The maximum absolute atomic E-state index is 11.9. The Morgan fingerprint density at radius 2 is 1.80 bits per heavy atom. The molecule has 0 bridgehead atoms. The van der Waals surface area contributed by atoms with Crippen LogP contribution in [0.25, 0.3) is 0 Å². The molecular formula is C16H16O4. The number of para-hydroxylation sites is 1. The van der Waals surface area contributed by atoms with Gasteiger partial charge in [-0.15, -0.1) is 0 Å². The van der Waals surface area contributed by atoms with Gasteiger partial charge >= 0.3 is 5.97 Å². The van der Waals surface area contributed by atoms with Crippen LogP contribution in [0, 0.1) is 0 Å². The zero-order chi connectivity index (χ0) is 14.4. The number of rotatable bonds is 5. The van der Waals surface area contributed by atoms with Crippen molar-refractivity contribution in [2.24, 2.45) is 0 Å². The molecule has 0 aromatic heterocycles. The normalized spacial score (nSPS) is 9.90. The van der Waals surface area contributed by atoms with E-state index in [2.05, 4.69) is 0 Å². The highest BCUT2D eigenvalue weighted by Gasteiger charge is 2.14. The lowest BCUT2D eigenvalue weighted by Crippen LogP contribution is -2.06. The van der Waals surface area contributed by atoms with Gasteiger partial charge in [-0.3, -0.25) is 0 Å². The van der Waals surface area contributed by atoms with Crippen LogP contribution < -0.4 is 9.47 Å². The number of methoxy groups -OCH3 is 1. The summed E-state index contributed by atoms with van der Waals surface area (Å²) in [6.45, 7) is 2.07. The minimum atomic E-state index is -0.428. The van der Waals surface area contributed by atoms with E-state index in [9.17, 15) is 4.79 Å². The first-order chi connectivity index (χ1) is 9.74. The third-order valence-corrected chi connectivity index (χ3v) is 2.65. The second-order valence-corrected chi connectivity index (χ2v) is 4.00. The predicted molar refractivity (Wildman–Crippen MR) is 75.5 cm³/mol. The van der Waals surface area contributed by atoms with Crippen molar-refractivity contribution in [1.82, 2.24) is 0 Å².